The lowest BCUT2D eigenvalue weighted by atomic mass is 9.70. The second-order valence-electron chi connectivity index (χ2n) is 4.97. The normalized spacial score (nSPS) is 17.9. The van der Waals surface area contributed by atoms with E-state index in [1.807, 2.05) is 0 Å². The quantitative estimate of drug-likeness (QED) is 0.650. The molecule has 0 radical (unpaired) electrons. The molecule has 0 aliphatic carbocycles. The van der Waals surface area contributed by atoms with Crippen molar-refractivity contribution >= 4 is 11.9 Å². The number of carbonyl (C=O) groups is 2. The van der Waals surface area contributed by atoms with Gasteiger partial charge in [-0.3, -0.25) is 9.59 Å². The van der Waals surface area contributed by atoms with Crippen molar-refractivity contribution in [2.45, 2.75) is 39.7 Å². The Hall–Kier alpha value is -1.10. The van der Waals surface area contributed by atoms with E-state index >= 15 is 0 Å². The third-order valence-electron chi connectivity index (χ3n) is 2.77. The van der Waals surface area contributed by atoms with E-state index in [0.29, 0.717) is 0 Å². The van der Waals surface area contributed by atoms with Crippen molar-refractivity contribution in [2.24, 2.45) is 17.1 Å². The van der Waals surface area contributed by atoms with Crippen LogP contribution >= 0.6 is 0 Å². The number of nitrogens with two attached hydrogens (primary N) is 1. The topological polar surface area (TPSA) is 101 Å². The fraction of sp³-hybridized carbons (Fsp3) is 0.800. The van der Waals surface area contributed by atoms with Crippen LogP contribution in [-0.2, 0) is 9.59 Å². The van der Waals surface area contributed by atoms with Crippen LogP contribution < -0.4 is 5.73 Å². The molecule has 0 aromatic rings. The van der Waals surface area contributed by atoms with E-state index in [0.717, 1.165) is 0 Å². The number of rotatable bonds is 4. The average molecular weight is 217 g/mol. The maximum absolute atomic E-state index is 11.1. The number of hydrogen-bond donors (Lipinski definition) is 3. The van der Waals surface area contributed by atoms with Crippen molar-refractivity contribution in [2.75, 3.05) is 0 Å². The van der Waals surface area contributed by atoms with Gasteiger partial charge in [-0.05, 0) is 11.8 Å². The smallest absolute Gasteiger partial charge is 0.324 e. The summed E-state index contributed by atoms with van der Waals surface area (Å²) in [5.74, 6) is -2.97. The van der Waals surface area contributed by atoms with Crippen molar-refractivity contribution in [3.8, 4) is 0 Å². The van der Waals surface area contributed by atoms with Gasteiger partial charge in [-0.25, -0.2) is 0 Å². The average Bonchev–Trinajstić information content (AvgIpc) is 2.01. The Morgan fingerprint density at radius 3 is 1.87 bits per heavy atom. The highest BCUT2D eigenvalue weighted by atomic mass is 16.4. The van der Waals surface area contributed by atoms with Crippen LogP contribution in [0.4, 0.5) is 0 Å². The van der Waals surface area contributed by atoms with Gasteiger partial charge in [0.25, 0.3) is 0 Å². The summed E-state index contributed by atoms with van der Waals surface area (Å²) in [5, 5.41) is 17.8. The standard InChI is InChI=1S/C10H19NO4/c1-6(7(12)13)5-10(11,8(14)15)9(2,3)4/h6H,5,11H2,1-4H3,(H,12,13)(H,14,15)/t6?,10-/m0/s1. The third kappa shape index (κ3) is 2.92. The molecule has 0 bridgehead atoms. The van der Waals surface area contributed by atoms with Crippen molar-refractivity contribution in [3.05, 3.63) is 0 Å². The van der Waals surface area contributed by atoms with Gasteiger partial charge in [0.2, 0.25) is 0 Å². The van der Waals surface area contributed by atoms with Gasteiger partial charge in [0.05, 0.1) is 5.92 Å². The second kappa shape index (κ2) is 4.18. The van der Waals surface area contributed by atoms with Crippen molar-refractivity contribution in [3.63, 3.8) is 0 Å². The van der Waals surface area contributed by atoms with Gasteiger partial charge in [0, 0.05) is 0 Å². The van der Waals surface area contributed by atoms with E-state index in [4.69, 9.17) is 15.9 Å². The highest BCUT2D eigenvalue weighted by Crippen LogP contribution is 2.33. The molecule has 0 rings (SSSR count). The minimum atomic E-state index is -1.52. The third-order valence-corrected chi connectivity index (χ3v) is 2.77. The Labute approximate surface area is 89.3 Å². The fourth-order valence-corrected chi connectivity index (χ4v) is 1.28. The Kier molecular flexibility index (Phi) is 3.88. The zero-order valence-electron chi connectivity index (χ0n) is 9.57. The predicted octanol–water partition coefficient (Wildman–Crippen LogP) is 0.925. The van der Waals surface area contributed by atoms with Gasteiger partial charge >= 0.3 is 11.9 Å². The van der Waals surface area contributed by atoms with Gasteiger partial charge < -0.3 is 15.9 Å². The first-order chi connectivity index (χ1) is 6.52. The van der Waals surface area contributed by atoms with E-state index in [9.17, 15) is 9.59 Å². The van der Waals surface area contributed by atoms with Gasteiger partial charge in [0.1, 0.15) is 5.54 Å². The minimum Gasteiger partial charge on any atom is -0.481 e. The summed E-state index contributed by atoms with van der Waals surface area (Å²) in [4.78, 5) is 21.8. The zero-order valence-corrected chi connectivity index (χ0v) is 9.57. The fourth-order valence-electron chi connectivity index (χ4n) is 1.28. The largest absolute Gasteiger partial charge is 0.481 e. The Morgan fingerprint density at radius 1 is 1.27 bits per heavy atom. The Morgan fingerprint density at radius 2 is 1.67 bits per heavy atom. The molecule has 0 saturated carbocycles. The van der Waals surface area contributed by atoms with Crippen LogP contribution in [0.1, 0.15) is 34.1 Å². The molecule has 0 aromatic heterocycles. The molecule has 0 saturated heterocycles. The monoisotopic (exact) mass is 217 g/mol. The second-order valence-corrected chi connectivity index (χ2v) is 4.97. The Bertz CT molecular complexity index is 269. The number of carboxylic acid groups (broad SMARTS) is 2. The van der Waals surface area contributed by atoms with E-state index in [1.54, 1.807) is 20.8 Å². The summed E-state index contributed by atoms with van der Waals surface area (Å²) >= 11 is 0. The summed E-state index contributed by atoms with van der Waals surface area (Å²) in [6, 6.07) is 0. The molecule has 0 aliphatic heterocycles. The lowest BCUT2D eigenvalue weighted by Gasteiger charge is -2.38. The molecular formula is C10H19NO4. The Balaban J connectivity index is 5.00. The highest BCUT2D eigenvalue weighted by molar-refractivity contribution is 5.81. The van der Waals surface area contributed by atoms with Crippen molar-refractivity contribution in [1.29, 1.82) is 0 Å². The molecule has 5 heteroatoms. The van der Waals surface area contributed by atoms with E-state index < -0.39 is 28.8 Å². The van der Waals surface area contributed by atoms with Crippen molar-refractivity contribution in [1.82, 2.24) is 0 Å². The molecule has 0 heterocycles. The van der Waals surface area contributed by atoms with Crippen LogP contribution in [0.25, 0.3) is 0 Å². The summed E-state index contributed by atoms with van der Waals surface area (Å²) in [5.41, 5.74) is 3.58. The first-order valence-corrected chi connectivity index (χ1v) is 4.77. The molecule has 2 atom stereocenters. The zero-order chi connectivity index (χ0) is 12.4. The van der Waals surface area contributed by atoms with Gasteiger partial charge in [0.15, 0.2) is 0 Å². The molecule has 0 aliphatic rings. The number of hydrogen-bond acceptors (Lipinski definition) is 3. The van der Waals surface area contributed by atoms with Gasteiger partial charge in [-0.15, -0.1) is 0 Å². The molecular weight excluding hydrogens is 198 g/mol. The molecule has 0 spiro atoms. The predicted molar refractivity (Wildman–Crippen MR) is 55.4 cm³/mol. The van der Waals surface area contributed by atoms with Crippen LogP contribution in [0.15, 0.2) is 0 Å². The number of aliphatic carboxylic acids is 2. The van der Waals surface area contributed by atoms with Crippen LogP contribution in [0.2, 0.25) is 0 Å². The van der Waals surface area contributed by atoms with Crippen LogP contribution in [0, 0.1) is 11.3 Å². The summed E-state index contributed by atoms with van der Waals surface area (Å²) in [7, 11) is 0. The van der Waals surface area contributed by atoms with Crippen molar-refractivity contribution < 1.29 is 19.8 Å². The molecule has 1 unspecified atom stereocenters. The van der Waals surface area contributed by atoms with Gasteiger partial charge in [-0.2, -0.15) is 0 Å². The summed E-state index contributed by atoms with van der Waals surface area (Å²) in [6.45, 7) is 6.53. The van der Waals surface area contributed by atoms with Gasteiger partial charge in [-0.1, -0.05) is 27.7 Å². The SMILES string of the molecule is CC(C[C@](N)(C(=O)O)C(C)(C)C)C(=O)O. The van der Waals surface area contributed by atoms with Crippen LogP contribution in [-0.4, -0.2) is 27.7 Å². The number of carboxylic acids is 2. The summed E-state index contributed by atoms with van der Waals surface area (Å²) < 4.78 is 0. The van der Waals surface area contributed by atoms with Crippen LogP contribution in [0.5, 0.6) is 0 Å². The van der Waals surface area contributed by atoms with E-state index in [1.165, 1.54) is 6.92 Å². The van der Waals surface area contributed by atoms with E-state index in [-0.39, 0.29) is 6.42 Å². The molecule has 88 valence electrons. The van der Waals surface area contributed by atoms with E-state index in [2.05, 4.69) is 0 Å². The highest BCUT2D eigenvalue weighted by Gasteiger charge is 2.46. The molecule has 0 aromatic carbocycles. The summed E-state index contributed by atoms with van der Waals surface area (Å²) in [6.07, 6.45) is -0.0822. The lowest BCUT2D eigenvalue weighted by molar-refractivity contribution is -0.151. The lowest BCUT2D eigenvalue weighted by Crippen LogP contribution is -2.59. The first-order valence-electron chi connectivity index (χ1n) is 4.77. The first kappa shape index (κ1) is 13.9. The molecule has 0 amide bonds. The molecule has 0 fully saturated rings. The molecule has 5 nitrogen and oxygen atoms in total. The maximum Gasteiger partial charge on any atom is 0.324 e. The maximum atomic E-state index is 11.1. The van der Waals surface area contributed by atoms with Crippen LogP contribution in [0.3, 0.4) is 0 Å². The minimum absolute atomic E-state index is 0.0822. The molecule has 15 heavy (non-hydrogen) atoms. The molecule has 4 N–H and O–H groups in total.